The summed E-state index contributed by atoms with van der Waals surface area (Å²) in [7, 11) is 1.63. The Morgan fingerprint density at radius 3 is 2.06 bits per heavy atom. The Morgan fingerprint density at radius 2 is 1.50 bits per heavy atom. The molecule has 5 nitrogen and oxygen atoms in total. The normalized spacial score (nSPS) is 12.1. The summed E-state index contributed by atoms with van der Waals surface area (Å²) in [4.78, 5) is 13.7. The van der Waals surface area contributed by atoms with Crippen molar-refractivity contribution in [1.29, 1.82) is 0 Å². The number of thiazole rings is 1. The molecule has 0 spiro atoms. The lowest BCUT2D eigenvalue weighted by Crippen LogP contribution is -2.30. The van der Waals surface area contributed by atoms with Crippen molar-refractivity contribution < 1.29 is 23.6 Å². The third-order valence-corrected chi connectivity index (χ3v) is 7.31. The lowest BCUT2D eigenvalue weighted by atomic mass is 10.1. The van der Waals surface area contributed by atoms with E-state index in [0.717, 1.165) is 25.1 Å². The van der Waals surface area contributed by atoms with E-state index in [1.54, 1.807) is 18.4 Å². The highest BCUT2D eigenvalue weighted by atomic mass is 32.1. The third-order valence-electron chi connectivity index (χ3n) is 6.46. The summed E-state index contributed by atoms with van der Waals surface area (Å²) in [6, 6.07) is 7.59. The van der Waals surface area contributed by atoms with Gasteiger partial charge in [-0.3, -0.25) is 0 Å². The zero-order valence-corrected chi connectivity index (χ0v) is 23.7. The number of esters is 1. The largest absolute Gasteiger partial charge is 0.459 e. The number of carbonyl (C=O) groups excluding carboxylic acids is 1. The molecule has 1 atom stereocenters. The quantitative estimate of drug-likeness (QED) is 0.0989. The highest BCUT2D eigenvalue weighted by Gasteiger charge is 2.14. The maximum Gasteiger partial charge on any atom is 0.338 e. The van der Waals surface area contributed by atoms with Gasteiger partial charge >= 0.3 is 5.97 Å². The van der Waals surface area contributed by atoms with E-state index in [1.807, 2.05) is 24.3 Å². The SMILES string of the molecule is CCCCCCCCCCCCCCOCC(COC(=O)c1ccc(C[n+]2csc(C)c2)cc1)OC. The first-order valence-corrected chi connectivity index (χ1v) is 14.8. The number of methoxy groups -OCH3 is 1. The summed E-state index contributed by atoms with van der Waals surface area (Å²) in [5, 5.41) is 0. The molecule has 0 N–H and O–H groups in total. The molecule has 2 aromatic rings. The van der Waals surface area contributed by atoms with Gasteiger partial charge < -0.3 is 14.2 Å². The van der Waals surface area contributed by atoms with E-state index in [2.05, 4.69) is 30.1 Å². The van der Waals surface area contributed by atoms with Crippen molar-refractivity contribution in [3.63, 3.8) is 0 Å². The van der Waals surface area contributed by atoms with Crippen molar-refractivity contribution in [2.75, 3.05) is 26.9 Å². The summed E-state index contributed by atoms with van der Waals surface area (Å²) < 4.78 is 18.8. The Balaban J connectivity index is 1.49. The van der Waals surface area contributed by atoms with Crippen molar-refractivity contribution in [3.8, 4) is 0 Å². The lowest BCUT2D eigenvalue weighted by Gasteiger charge is -2.16. The van der Waals surface area contributed by atoms with Crippen molar-refractivity contribution in [2.24, 2.45) is 0 Å². The molecule has 0 bridgehead atoms. The predicted octanol–water partition coefficient (Wildman–Crippen LogP) is 7.28. The fourth-order valence-corrected chi connectivity index (χ4v) is 4.81. The summed E-state index contributed by atoms with van der Waals surface area (Å²) in [5.41, 5.74) is 3.80. The van der Waals surface area contributed by atoms with Crippen LogP contribution in [-0.2, 0) is 20.8 Å². The smallest absolute Gasteiger partial charge is 0.338 e. The van der Waals surface area contributed by atoms with Crippen molar-refractivity contribution in [2.45, 2.75) is 104 Å². The van der Waals surface area contributed by atoms with Crippen LogP contribution in [0, 0.1) is 6.92 Å². The molecule has 0 fully saturated rings. The standard InChI is InChI=1S/C30H48NO4S/c1-4-5-6-7-8-9-10-11-12-13-14-15-20-34-23-29(33-3)24-35-30(32)28-18-16-27(17-19-28)22-31-21-26(2)36-25-31/h16-19,21,25,29H,4-15,20,22-24H2,1-3H3/q+1. The van der Waals surface area contributed by atoms with Crippen LogP contribution in [0.15, 0.2) is 36.0 Å². The molecule has 0 aliphatic heterocycles. The van der Waals surface area contributed by atoms with E-state index in [9.17, 15) is 4.79 Å². The number of aryl methyl sites for hydroxylation is 1. The first-order chi connectivity index (χ1) is 17.6. The van der Waals surface area contributed by atoms with Crippen molar-refractivity contribution in [3.05, 3.63) is 52.0 Å². The van der Waals surface area contributed by atoms with Gasteiger partial charge in [0.25, 0.3) is 0 Å². The Kier molecular flexibility index (Phi) is 16.4. The molecule has 1 aromatic heterocycles. The van der Waals surface area contributed by atoms with Crippen LogP contribution in [0.25, 0.3) is 0 Å². The monoisotopic (exact) mass is 518 g/mol. The Morgan fingerprint density at radius 1 is 0.889 bits per heavy atom. The maximum absolute atomic E-state index is 12.4. The number of hydrogen-bond donors (Lipinski definition) is 0. The fraction of sp³-hybridized carbons (Fsp3) is 0.667. The molecule has 202 valence electrons. The average molecular weight is 519 g/mol. The minimum atomic E-state index is -0.330. The van der Waals surface area contributed by atoms with E-state index < -0.39 is 0 Å². The second kappa shape index (κ2) is 19.4. The topological polar surface area (TPSA) is 48.6 Å². The molecule has 0 aliphatic rings. The van der Waals surface area contributed by atoms with Crippen molar-refractivity contribution >= 4 is 17.3 Å². The summed E-state index contributed by atoms with van der Waals surface area (Å²) in [5.74, 6) is -0.330. The van der Waals surface area contributed by atoms with Gasteiger partial charge in [0.1, 0.15) is 12.7 Å². The number of nitrogens with zero attached hydrogens (tertiary/aromatic N) is 1. The van der Waals surface area contributed by atoms with Gasteiger partial charge in [0, 0.05) is 19.3 Å². The Bertz CT molecular complexity index is 821. The van der Waals surface area contributed by atoms with Gasteiger partial charge in [0.05, 0.1) is 17.0 Å². The minimum absolute atomic E-state index is 0.194. The molecule has 0 saturated carbocycles. The fourth-order valence-electron chi connectivity index (χ4n) is 4.18. The molecule has 36 heavy (non-hydrogen) atoms. The molecule has 0 saturated heterocycles. The molecule has 0 radical (unpaired) electrons. The van der Waals surface area contributed by atoms with Gasteiger partial charge in [-0.2, -0.15) is 4.57 Å². The molecule has 1 heterocycles. The molecule has 6 heteroatoms. The van der Waals surface area contributed by atoms with Crippen LogP contribution in [0.4, 0.5) is 0 Å². The second-order valence-corrected chi connectivity index (χ2v) is 10.8. The van der Waals surface area contributed by atoms with E-state index in [-0.39, 0.29) is 18.7 Å². The van der Waals surface area contributed by atoms with Gasteiger partial charge in [0.15, 0.2) is 12.7 Å². The molecule has 1 aromatic carbocycles. The van der Waals surface area contributed by atoms with E-state index in [4.69, 9.17) is 14.2 Å². The van der Waals surface area contributed by atoms with E-state index >= 15 is 0 Å². The lowest BCUT2D eigenvalue weighted by molar-refractivity contribution is -0.683. The first kappa shape index (κ1) is 30.5. The molecular weight excluding hydrogens is 470 g/mol. The first-order valence-electron chi connectivity index (χ1n) is 13.9. The zero-order chi connectivity index (χ0) is 25.8. The van der Waals surface area contributed by atoms with Crippen LogP contribution >= 0.6 is 11.3 Å². The second-order valence-electron chi connectivity index (χ2n) is 9.75. The molecular formula is C30H48NO4S+. The van der Waals surface area contributed by atoms with Crippen LogP contribution in [0.1, 0.15) is 105 Å². The number of ether oxygens (including phenoxy) is 3. The zero-order valence-electron chi connectivity index (χ0n) is 22.8. The predicted molar refractivity (Wildman–Crippen MR) is 148 cm³/mol. The highest BCUT2D eigenvalue weighted by Crippen LogP contribution is 2.12. The van der Waals surface area contributed by atoms with Crippen LogP contribution in [0.2, 0.25) is 0 Å². The van der Waals surface area contributed by atoms with Crippen LogP contribution in [0.3, 0.4) is 0 Å². The molecule has 0 aliphatic carbocycles. The Hall–Kier alpha value is -1.76. The Labute approximate surface area is 223 Å². The van der Waals surface area contributed by atoms with E-state index in [1.165, 1.54) is 75.5 Å². The van der Waals surface area contributed by atoms with Gasteiger partial charge in [0.2, 0.25) is 5.51 Å². The summed E-state index contributed by atoms with van der Waals surface area (Å²) in [6.07, 6.45) is 17.9. The molecule has 0 amide bonds. The van der Waals surface area contributed by atoms with Crippen LogP contribution in [-0.4, -0.2) is 39.0 Å². The highest BCUT2D eigenvalue weighted by molar-refractivity contribution is 7.09. The molecule has 1 unspecified atom stereocenters. The van der Waals surface area contributed by atoms with Gasteiger partial charge in [-0.05, 0) is 25.5 Å². The number of rotatable bonds is 21. The van der Waals surface area contributed by atoms with Crippen LogP contribution < -0.4 is 4.57 Å². The summed E-state index contributed by atoms with van der Waals surface area (Å²) >= 11 is 1.73. The number of unbranched alkanes of at least 4 members (excludes halogenated alkanes) is 11. The van der Waals surface area contributed by atoms with Crippen LogP contribution in [0.5, 0.6) is 0 Å². The van der Waals surface area contributed by atoms with Gasteiger partial charge in [-0.25, -0.2) is 4.79 Å². The third kappa shape index (κ3) is 13.5. The number of hydrogen-bond acceptors (Lipinski definition) is 5. The summed E-state index contributed by atoms with van der Waals surface area (Å²) in [6.45, 7) is 6.53. The maximum atomic E-state index is 12.4. The molecule has 2 rings (SSSR count). The van der Waals surface area contributed by atoms with E-state index in [0.29, 0.717) is 12.2 Å². The van der Waals surface area contributed by atoms with Gasteiger partial charge in [-0.1, -0.05) is 101 Å². The number of carbonyl (C=O) groups is 1. The average Bonchev–Trinajstić information content (AvgIpc) is 3.30. The number of aromatic nitrogens is 1. The van der Waals surface area contributed by atoms with Crippen molar-refractivity contribution in [1.82, 2.24) is 0 Å². The minimum Gasteiger partial charge on any atom is -0.459 e. The van der Waals surface area contributed by atoms with Gasteiger partial charge in [-0.15, -0.1) is 0 Å². The number of benzene rings is 1.